The third-order valence-electron chi connectivity index (χ3n) is 4.77. The van der Waals surface area contributed by atoms with Gasteiger partial charge >= 0.3 is 5.97 Å². The molecule has 0 unspecified atom stereocenters. The summed E-state index contributed by atoms with van der Waals surface area (Å²) >= 11 is 0. The number of nitroso groups, excluding NO2 is 1. The molecule has 0 atom stereocenters. The molecule has 3 N–H and O–H groups in total. The van der Waals surface area contributed by atoms with Gasteiger partial charge < -0.3 is 15.6 Å². The van der Waals surface area contributed by atoms with E-state index in [1.165, 1.54) is 31.3 Å². The molecule has 0 aliphatic carbocycles. The van der Waals surface area contributed by atoms with Gasteiger partial charge in [-0.05, 0) is 54.6 Å². The normalized spacial score (nSPS) is 10.7. The number of nitrogens with one attached hydrogen (secondary N) is 1. The van der Waals surface area contributed by atoms with E-state index in [1.807, 2.05) is 0 Å². The maximum Gasteiger partial charge on any atom is 0.335 e. The lowest BCUT2D eigenvalue weighted by Gasteiger charge is -2.07. The Morgan fingerprint density at radius 3 is 2.23 bits per heavy atom. The molecule has 0 aliphatic rings. The van der Waals surface area contributed by atoms with Gasteiger partial charge in [0.1, 0.15) is 5.52 Å². The van der Waals surface area contributed by atoms with E-state index >= 15 is 0 Å². The van der Waals surface area contributed by atoms with Crippen LogP contribution in [0.1, 0.15) is 20.7 Å². The van der Waals surface area contributed by atoms with E-state index in [9.17, 15) is 19.7 Å². The zero-order valence-corrected chi connectivity index (χ0v) is 16.3. The van der Waals surface area contributed by atoms with Crippen molar-refractivity contribution in [2.24, 2.45) is 0 Å². The molecule has 0 aliphatic heterocycles. The van der Waals surface area contributed by atoms with E-state index in [4.69, 9.17) is 5.11 Å². The molecular weight excluding hydrogens is 400 g/mol. The highest BCUT2D eigenvalue weighted by atomic mass is 16.5. The SMILES string of the molecule is C[N+](=O)c1ccc2nc(-c3ccc(NC(=O)c4ccc(C(=O)O)cc4)cc3)n(O)c2c1. The van der Waals surface area contributed by atoms with Crippen molar-refractivity contribution in [3.63, 3.8) is 0 Å². The second kappa shape index (κ2) is 7.71. The number of nitrogens with zero attached hydrogens (tertiary/aromatic N) is 3. The third-order valence-corrected chi connectivity index (χ3v) is 4.77. The van der Waals surface area contributed by atoms with E-state index < -0.39 is 5.97 Å². The molecule has 1 heterocycles. The average Bonchev–Trinajstić information content (AvgIpc) is 3.10. The molecule has 0 saturated carbocycles. The standard InChI is InChI=1S/C22H16N4O5/c1-25(30)17-10-11-18-19(12-17)26(31)20(24-18)13-6-8-16(9-7-13)23-21(27)14-2-4-15(5-3-14)22(28)29/h2-12H,1H3,(H2-,23,24,27,28,29,30,31)/p+1. The summed E-state index contributed by atoms with van der Waals surface area (Å²) in [5.41, 5.74) is 2.88. The van der Waals surface area contributed by atoms with E-state index in [0.717, 1.165) is 4.73 Å². The molecule has 31 heavy (non-hydrogen) atoms. The number of imidazole rings is 1. The Hall–Kier alpha value is -4.53. The summed E-state index contributed by atoms with van der Waals surface area (Å²) in [6.07, 6.45) is 0. The van der Waals surface area contributed by atoms with Gasteiger partial charge in [0.2, 0.25) is 0 Å². The number of fused-ring (bicyclic) bond motifs is 1. The Balaban J connectivity index is 1.55. The number of carbonyl (C=O) groups is 2. The summed E-state index contributed by atoms with van der Waals surface area (Å²) in [4.78, 5) is 39.2. The Labute approximate surface area is 175 Å². The average molecular weight is 417 g/mol. The van der Waals surface area contributed by atoms with Gasteiger partial charge in [0, 0.05) is 38.6 Å². The number of aromatic nitrogens is 2. The van der Waals surface area contributed by atoms with Crippen LogP contribution in [0.15, 0.2) is 66.7 Å². The lowest BCUT2D eigenvalue weighted by atomic mass is 10.1. The van der Waals surface area contributed by atoms with Gasteiger partial charge in [-0.1, -0.05) is 0 Å². The molecule has 0 fully saturated rings. The predicted molar refractivity (Wildman–Crippen MR) is 113 cm³/mol. The van der Waals surface area contributed by atoms with E-state index in [2.05, 4.69) is 10.3 Å². The van der Waals surface area contributed by atoms with Crippen LogP contribution in [0.25, 0.3) is 22.4 Å². The molecule has 9 nitrogen and oxygen atoms in total. The first-order valence-electron chi connectivity index (χ1n) is 9.21. The quantitative estimate of drug-likeness (QED) is 0.334. The van der Waals surface area contributed by atoms with Crippen molar-refractivity contribution in [3.05, 3.63) is 82.8 Å². The van der Waals surface area contributed by atoms with Gasteiger partial charge in [-0.15, -0.1) is 0 Å². The van der Waals surface area contributed by atoms with Crippen molar-refractivity contribution >= 4 is 34.3 Å². The van der Waals surface area contributed by atoms with Crippen LogP contribution in [0.3, 0.4) is 0 Å². The molecule has 0 saturated heterocycles. The van der Waals surface area contributed by atoms with Crippen LogP contribution in [0.2, 0.25) is 0 Å². The molecule has 1 amide bonds. The summed E-state index contributed by atoms with van der Waals surface area (Å²) in [5, 5.41) is 22.2. The highest BCUT2D eigenvalue weighted by Crippen LogP contribution is 2.27. The molecule has 4 rings (SSSR count). The van der Waals surface area contributed by atoms with Crippen molar-refractivity contribution in [2.75, 3.05) is 12.4 Å². The zero-order chi connectivity index (χ0) is 22.1. The number of amides is 1. The fraction of sp³-hybridized carbons (Fsp3) is 0.0455. The molecule has 0 radical (unpaired) electrons. The van der Waals surface area contributed by atoms with Crippen molar-refractivity contribution < 1.29 is 24.7 Å². The number of rotatable bonds is 5. The van der Waals surface area contributed by atoms with E-state index in [0.29, 0.717) is 44.1 Å². The van der Waals surface area contributed by atoms with E-state index in [-0.39, 0.29) is 11.5 Å². The number of hydrogen-bond acceptors (Lipinski definition) is 5. The van der Waals surface area contributed by atoms with E-state index in [1.54, 1.807) is 42.5 Å². The Morgan fingerprint density at radius 1 is 0.968 bits per heavy atom. The van der Waals surface area contributed by atoms with Crippen LogP contribution in [0, 0.1) is 4.91 Å². The minimum Gasteiger partial charge on any atom is -0.478 e. The monoisotopic (exact) mass is 417 g/mol. The topological polar surface area (TPSA) is 125 Å². The fourth-order valence-electron chi connectivity index (χ4n) is 3.10. The Morgan fingerprint density at radius 2 is 1.61 bits per heavy atom. The second-order valence-electron chi connectivity index (χ2n) is 6.83. The van der Waals surface area contributed by atoms with Crippen LogP contribution < -0.4 is 5.32 Å². The first kappa shape index (κ1) is 19.8. The fourth-order valence-corrected chi connectivity index (χ4v) is 3.10. The van der Waals surface area contributed by atoms with Crippen LogP contribution in [-0.2, 0) is 0 Å². The minimum absolute atomic E-state index is 0.0989. The minimum atomic E-state index is -1.06. The number of hydrogen-bond donors (Lipinski definition) is 3. The Kier molecular flexibility index (Phi) is 4.92. The maximum absolute atomic E-state index is 12.4. The third kappa shape index (κ3) is 3.84. The number of carbonyl (C=O) groups excluding carboxylic acids is 1. The largest absolute Gasteiger partial charge is 0.478 e. The van der Waals surface area contributed by atoms with Crippen molar-refractivity contribution in [1.82, 2.24) is 9.71 Å². The predicted octanol–water partition coefficient (Wildman–Crippen LogP) is 3.93. The van der Waals surface area contributed by atoms with Crippen LogP contribution in [0.4, 0.5) is 11.4 Å². The number of carboxylic acids is 1. The molecular formula is C22H17N4O5+. The zero-order valence-electron chi connectivity index (χ0n) is 16.3. The summed E-state index contributed by atoms with van der Waals surface area (Å²) in [6.45, 7) is 0. The Bertz CT molecular complexity index is 1320. The van der Waals surface area contributed by atoms with Crippen LogP contribution in [-0.4, -0.2) is 43.7 Å². The summed E-state index contributed by atoms with van der Waals surface area (Å²) in [5.74, 6) is -1.15. The van der Waals surface area contributed by atoms with Gasteiger partial charge in [-0.25, -0.2) is 9.78 Å². The van der Waals surface area contributed by atoms with Crippen molar-refractivity contribution in [3.8, 4) is 11.4 Å². The summed E-state index contributed by atoms with van der Waals surface area (Å²) < 4.78 is 1.61. The van der Waals surface area contributed by atoms with Gasteiger partial charge in [0.15, 0.2) is 12.9 Å². The van der Waals surface area contributed by atoms with Gasteiger partial charge in [0.05, 0.1) is 11.1 Å². The van der Waals surface area contributed by atoms with Crippen molar-refractivity contribution in [1.29, 1.82) is 0 Å². The van der Waals surface area contributed by atoms with Crippen LogP contribution in [0.5, 0.6) is 0 Å². The smallest absolute Gasteiger partial charge is 0.335 e. The molecule has 0 bridgehead atoms. The highest BCUT2D eigenvalue weighted by Gasteiger charge is 2.16. The van der Waals surface area contributed by atoms with Gasteiger partial charge in [-0.3, -0.25) is 4.79 Å². The lowest BCUT2D eigenvalue weighted by Crippen LogP contribution is -2.12. The van der Waals surface area contributed by atoms with Crippen LogP contribution >= 0.6 is 0 Å². The number of carboxylic acid groups (broad SMARTS) is 1. The van der Waals surface area contributed by atoms with Gasteiger partial charge in [-0.2, -0.15) is 4.73 Å². The van der Waals surface area contributed by atoms with Gasteiger partial charge in [0.25, 0.3) is 11.6 Å². The molecule has 154 valence electrons. The molecule has 0 spiro atoms. The number of anilines is 1. The number of benzene rings is 3. The van der Waals surface area contributed by atoms with Crippen molar-refractivity contribution in [2.45, 2.75) is 0 Å². The summed E-state index contributed by atoms with van der Waals surface area (Å²) in [6, 6.07) is 17.1. The highest BCUT2D eigenvalue weighted by molar-refractivity contribution is 6.04. The molecule has 3 aromatic carbocycles. The summed E-state index contributed by atoms with van der Waals surface area (Å²) in [7, 11) is 1.37. The molecule has 9 heteroatoms. The number of aromatic carboxylic acids is 1. The first-order chi connectivity index (χ1) is 14.8. The maximum atomic E-state index is 12.4. The second-order valence-corrected chi connectivity index (χ2v) is 6.83. The molecule has 4 aromatic rings. The molecule has 1 aromatic heterocycles. The first-order valence-corrected chi connectivity index (χ1v) is 9.21. The lowest BCUT2D eigenvalue weighted by molar-refractivity contribution is -0.428.